The Kier molecular flexibility index (Phi) is 4.18. The number of alkyl halides is 3. The summed E-state index contributed by atoms with van der Waals surface area (Å²) in [6, 6.07) is 0.933. The number of nitrogens with one attached hydrogen (secondary N) is 1. The quantitative estimate of drug-likeness (QED) is 0.898. The van der Waals surface area contributed by atoms with Crippen molar-refractivity contribution in [2.45, 2.75) is 25.6 Å². The van der Waals surface area contributed by atoms with E-state index in [0.717, 1.165) is 38.3 Å². The second-order valence-electron chi connectivity index (χ2n) is 5.95. The van der Waals surface area contributed by atoms with Crippen LogP contribution >= 0.6 is 0 Å². The zero-order valence-corrected chi connectivity index (χ0v) is 12.9. The van der Waals surface area contributed by atoms with E-state index in [2.05, 4.69) is 22.1 Å². The molecule has 0 saturated carbocycles. The average Bonchev–Trinajstić information content (AvgIpc) is 2.64. The molecule has 1 saturated heterocycles. The Balaban J connectivity index is 1.93. The van der Waals surface area contributed by atoms with Gasteiger partial charge in [0.05, 0.1) is 17.2 Å². The average molecular weight is 328 g/mol. The molecule has 1 unspecified atom stereocenters. The summed E-state index contributed by atoms with van der Waals surface area (Å²) in [5, 5.41) is 2.73. The van der Waals surface area contributed by atoms with E-state index < -0.39 is 17.6 Å². The van der Waals surface area contributed by atoms with Crippen molar-refractivity contribution in [1.29, 1.82) is 0 Å². The number of hydrogen-bond acceptors (Lipinski definition) is 4. The van der Waals surface area contributed by atoms with Crippen molar-refractivity contribution in [3.05, 3.63) is 23.4 Å². The van der Waals surface area contributed by atoms with Crippen LogP contribution in [0.5, 0.6) is 0 Å². The first kappa shape index (κ1) is 16.0. The molecule has 126 valence electrons. The summed E-state index contributed by atoms with van der Waals surface area (Å²) in [7, 11) is 0. The minimum Gasteiger partial charge on any atom is -0.350 e. The van der Waals surface area contributed by atoms with Crippen molar-refractivity contribution >= 4 is 11.7 Å². The molecule has 0 spiro atoms. The maximum atomic E-state index is 12.9. The van der Waals surface area contributed by atoms with E-state index in [1.807, 2.05) is 4.90 Å². The maximum Gasteiger partial charge on any atom is 0.417 e. The molecule has 1 aromatic heterocycles. The van der Waals surface area contributed by atoms with Crippen LogP contribution < -0.4 is 10.2 Å². The van der Waals surface area contributed by atoms with Gasteiger partial charge in [0.15, 0.2) is 0 Å². The van der Waals surface area contributed by atoms with Gasteiger partial charge in [-0.25, -0.2) is 4.98 Å². The van der Waals surface area contributed by atoms with Gasteiger partial charge in [0, 0.05) is 32.4 Å². The minimum absolute atomic E-state index is 0.00580. The number of anilines is 1. The lowest BCUT2D eigenvalue weighted by atomic mass is 10.1. The number of fused-ring (bicyclic) bond motifs is 3. The Labute approximate surface area is 132 Å². The van der Waals surface area contributed by atoms with E-state index >= 15 is 0 Å². The Morgan fingerprint density at radius 3 is 2.87 bits per heavy atom. The number of hydrogen-bond donors (Lipinski definition) is 1. The highest BCUT2D eigenvalue weighted by molar-refractivity contribution is 5.99. The lowest BCUT2D eigenvalue weighted by Gasteiger charge is -2.41. The van der Waals surface area contributed by atoms with Gasteiger partial charge in [-0.05, 0) is 19.0 Å². The highest BCUT2D eigenvalue weighted by Gasteiger charge is 2.37. The molecule has 1 fully saturated rings. The third-order valence-electron chi connectivity index (χ3n) is 4.32. The van der Waals surface area contributed by atoms with Crippen molar-refractivity contribution < 1.29 is 18.0 Å². The molecule has 0 bridgehead atoms. The van der Waals surface area contributed by atoms with Crippen LogP contribution in [0, 0.1) is 0 Å². The van der Waals surface area contributed by atoms with Crippen LogP contribution in [0.4, 0.5) is 19.0 Å². The predicted octanol–water partition coefficient (Wildman–Crippen LogP) is 1.74. The second kappa shape index (κ2) is 5.99. The third-order valence-corrected chi connectivity index (χ3v) is 4.32. The van der Waals surface area contributed by atoms with Crippen molar-refractivity contribution in [2.75, 3.05) is 37.6 Å². The first-order valence-corrected chi connectivity index (χ1v) is 7.74. The summed E-state index contributed by atoms with van der Waals surface area (Å²) in [5.41, 5.74) is -0.888. The maximum absolute atomic E-state index is 12.9. The monoisotopic (exact) mass is 328 g/mol. The Hall–Kier alpha value is -1.83. The van der Waals surface area contributed by atoms with E-state index in [0.29, 0.717) is 18.9 Å². The molecule has 5 nitrogen and oxygen atoms in total. The summed E-state index contributed by atoms with van der Waals surface area (Å²) in [5.74, 6) is -0.135. The van der Waals surface area contributed by atoms with Gasteiger partial charge >= 0.3 is 6.18 Å². The van der Waals surface area contributed by atoms with E-state index in [-0.39, 0.29) is 11.6 Å². The Bertz CT molecular complexity index is 605. The second-order valence-corrected chi connectivity index (χ2v) is 5.95. The van der Waals surface area contributed by atoms with Crippen molar-refractivity contribution in [2.24, 2.45) is 0 Å². The largest absolute Gasteiger partial charge is 0.417 e. The number of pyridine rings is 1. The van der Waals surface area contributed by atoms with Gasteiger partial charge in [0.2, 0.25) is 0 Å². The molecule has 1 aromatic rings. The van der Waals surface area contributed by atoms with Gasteiger partial charge in [-0.2, -0.15) is 13.2 Å². The van der Waals surface area contributed by atoms with Crippen LogP contribution in [-0.4, -0.2) is 54.6 Å². The van der Waals surface area contributed by atoms with Crippen LogP contribution in [0.3, 0.4) is 0 Å². The fourth-order valence-corrected chi connectivity index (χ4v) is 3.21. The van der Waals surface area contributed by atoms with Crippen LogP contribution in [0.25, 0.3) is 0 Å². The number of aromatic nitrogens is 1. The lowest BCUT2D eigenvalue weighted by molar-refractivity contribution is -0.137. The molecule has 1 amide bonds. The number of carbonyl (C=O) groups excluding carboxylic acids is 1. The molecule has 23 heavy (non-hydrogen) atoms. The Morgan fingerprint density at radius 1 is 1.39 bits per heavy atom. The molecule has 8 heteroatoms. The number of carbonyl (C=O) groups is 1. The van der Waals surface area contributed by atoms with Crippen LogP contribution in [-0.2, 0) is 6.18 Å². The molecular weight excluding hydrogens is 309 g/mol. The van der Waals surface area contributed by atoms with Crippen molar-refractivity contribution in [1.82, 2.24) is 15.2 Å². The van der Waals surface area contributed by atoms with Gasteiger partial charge in [-0.3, -0.25) is 9.69 Å². The highest BCUT2D eigenvalue weighted by atomic mass is 19.4. The summed E-state index contributed by atoms with van der Waals surface area (Å²) in [6.07, 6.45) is -2.65. The molecule has 0 aliphatic carbocycles. The molecule has 3 rings (SSSR count). The van der Waals surface area contributed by atoms with Crippen molar-refractivity contribution in [3.63, 3.8) is 0 Å². The number of halogens is 3. The molecule has 3 heterocycles. The van der Waals surface area contributed by atoms with E-state index in [1.54, 1.807) is 0 Å². The van der Waals surface area contributed by atoms with Gasteiger partial charge in [0.25, 0.3) is 5.91 Å². The fraction of sp³-hybridized carbons (Fsp3) is 0.600. The first-order valence-electron chi connectivity index (χ1n) is 7.74. The normalized spacial score (nSPS) is 22.2. The van der Waals surface area contributed by atoms with Crippen molar-refractivity contribution in [3.8, 4) is 0 Å². The van der Waals surface area contributed by atoms with Crippen LogP contribution in [0.2, 0.25) is 0 Å². The molecule has 1 atom stereocenters. The van der Waals surface area contributed by atoms with Gasteiger partial charge in [-0.15, -0.1) is 0 Å². The lowest BCUT2D eigenvalue weighted by Crippen LogP contribution is -2.56. The predicted molar refractivity (Wildman–Crippen MR) is 79.4 cm³/mol. The zero-order chi connectivity index (χ0) is 16.6. The number of amides is 1. The highest BCUT2D eigenvalue weighted by Crippen LogP contribution is 2.33. The van der Waals surface area contributed by atoms with E-state index in [1.165, 1.54) is 0 Å². The number of nitrogens with zero attached hydrogens (tertiary/aromatic N) is 3. The number of piperazine rings is 1. The topological polar surface area (TPSA) is 48.5 Å². The molecule has 2 aliphatic rings. The first-order chi connectivity index (χ1) is 10.9. The summed E-state index contributed by atoms with van der Waals surface area (Å²) in [6.45, 7) is 5.75. The van der Waals surface area contributed by atoms with Crippen LogP contribution in [0.1, 0.15) is 29.3 Å². The minimum atomic E-state index is -4.51. The molecule has 1 N–H and O–H groups in total. The third kappa shape index (κ3) is 3.12. The SMILES string of the molecule is CCCN1CCN2c3ncc(C(F)(F)F)cc3C(=O)NCC2C1. The summed E-state index contributed by atoms with van der Waals surface area (Å²) < 4.78 is 38.6. The molecule has 0 radical (unpaired) electrons. The fourth-order valence-electron chi connectivity index (χ4n) is 3.21. The molecule has 0 aromatic carbocycles. The van der Waals surface area contributed by atoms with E-state index in [4.69, 9.17) is 0 Å². The van der Waals surface area contributed by atoms with E-state index in [9.17, 15) is 18.0 Å². The standard InChI is InChI=1S/C15H19F3N4O/c1-2-3-21-4-5-22-11(9-21)8-20-14(23)12-6-10(15(16,17)18)7-19-13(12)22/h6-7,11H,2-5,8-9H2,1H3,(H,20,23). The zero-order valence-electron chi connectivity index (χ0n) is 12.9. The van der Waals surface area contributed by atoms with Gasteiger partial charge in [-0.1, -0.05) is 6.92 Å². The summed E-state index contributed by atoms with van der Waals surface area (Å²) in [4.78, 5) is 20.4. The van der Waals surface area contributed by atoms with Gasteiger partial charge < -0.3 is 10.2 Å². The van der Waals surface area contributed by atoms with Crippen LogP contribution in [0.15, 0.2) is 12.3 Å². The number of rotatable bonds is 2. The Morgan fingerprint density at radius 2 is 2.17 bits per heavy atom. The molecular formula is C15H19F3N4O. The molecule has 2 aliphatic heterocycles. The smallest absolute Gasteiger partial charge is 0.350 e. The van der Waals surface area contributed by atoms with Gasteiger partial charge in [0.1, 0.15) is 5.82 Å². The summed E-state index contributed by atoms with van der Waals surface area (Å²) >= 11 is 0.